The average Bonchev–Trinajstić information content (AvgIpc) is 2.76. The molecule has 0 saturated heterocycles. The van der Waals surface area contributed by atoms with Crippen molar-refractivity contribution in [2.45, 2.75) is 18.7 Å². The minimum atomic E-state index is -3.96. The lowest BCUT2D eigenvalue weighted by atomic mass is 10.1. The van der Waals surface area contributed by atoms with Gasteiger partial charge in [0.2, 0.25) is 0 Å². The van der Waals surface area contributed by atoms with E-state index >= 15 is 0 Å². The molecule has 3 aromatic carbocycles. The maximum absolute atomic E-state index is 13.4. The highest BCUT2D eigenvalue weighted by Gasteiger charge is 2.28. The quantitative estimate of drug-likeness (QED) is 0.386. The van der Waals surface area contributed by atoms with Crippen LogP contribution in [0.1, 0.15) is 16.7 Å². The Labute approximate surface area is 190 Å². The van der Waals surface area contributed by atoms with E-state index in [1.807, 2.05) is 44.2 Å². The first-order chi connectivity index (χ1) is 14.8. The van der Waals surface area contributed by atoms with Gasteiger partial charge in [-0.3, -0.25) is 9.10 Å². The molecule has 0 fully saturated rings. The van der Waals surface area contributed by atoms with E-state index in [4.69, 9.17) is 0 Å². The Morgan fingerprint density at radius 1 is 1.00 bits per heavy atom. The predicted molar refractivity (Wildman–Crippen MR) is 127 cm³/mol. The highest BCUT2D eigenvalue weighted by atomic mass is 79.9. The number of rotatable bonds is 7. The van der Waals surface area contributed by atoms with Gasteiger partial charge in [-0.25, -0.2) is 13.8 Å². The van der Waals surface area contributed by atoms with Crippen LogP contribution in [0.5, 0.6) is 0 Å². The number of hydrazone groups is 1. The molecule has 0 heterocycles. The first kappa shape index (κ1) is 22.7. The maximum Gasteiger partial charge on any atom is 0.264 e. The Balaban J connectivity index is 1.89. The Morgan fingerprint density at radius 3 is 2.39 bits per heavy atom. The van der Waals surface area contributed by atoms with Crippen molar-refractivity contribution in [1.82, 2.24) is 5.43 Å². The molecule has 0 spiro atoms. The zero-order valence-corrected chi connectivity index (χ0v) is 19.5. The van der Waals surface area contributed by atoms with E-state index in [1.165, 1.54) is 18.3 Å². The van der Waals surface area contributed by atoms with E-state index in [-0.39, 0.29) is 4.90 Å². The number of amides is 1. The van der Waals surface area contributed by atoms with Crippen LogP contribution in [-0.4, -0.2) is 27.1 Å². The summed E-state index contributed by atoms with van der Waals surface area (Å²) in [5.41, 5.74) is 5.37. The third-order valence-corrected chi connectivity index (χ3v) is 7.26. The molecule has 0 saturated carbocycles. The molecule has 31 heavy (non-hydrogen) atoms. The maximum atomic E-state index is 13.4. The monoisotopic (exact) mass is 499 g/mol. The molecule has 3 rings (SSSR count). The average molecular weight is 500 g/mol. The lowest BCUT2D eigenvalue weighted by molar-refractivity contribution is -0.119. The van der Waals surface area contributed by atoms with Crippen molar-refractivity contribution < 1.29 is 13.2 Å². The molecule has 1 N–H and O–H groups in total. The number of sulfonamides is 1. The van der Waals surface area contributed by atoms with Crippen molar-refractivity contribution in [3.05, 3.63) is 94.0 Å². The predicted octanol–water partition coefficient (Wildman–Crippen LogP) is 4.41. The second kappa shape index (κ2) is 9.89. The molecule has 0 aliphatic rings. The number of anilines is 1. The number of carbonyl (C=O) groups is 1. The molecule has 6 nitrogen and oxygen atoms in total. The number of benzene rings is 3. The summed E-state index contributed by atoms with van der Waals surface area (Å²) in [5, 5.41) is 3.97. The van der Waals surface area contributed by atoms with Gasteiger partial charge in [0.05, 0.1) is 16.8 Å². The number of nitrogens with zero attached hydrogens (tertiary/aromatic N) is 2. The van der Waals surface area contributed by atoms with Gasteiger partial charge >= 0.3 is 0 Å². The number of halogens is 1. The van der Waals surface area contributed by atoms with Crippen LogP contribution in [0.2, 0.25) is 0 Å². The second-order valence-electron chi connectivity index (χ2n) is 6.86. The van der Waals surface area contributed by atoms with Crippen LogP contribution in [-0.2, 0) is 14.8 Å². The summed E-state index contributed by atoms with van der Waals surface area (Å²) in [7, 11) is -3.96. The SMILES string of the molecule is Cc1cccc(N(CC(=O)N/N=C\c2ccccc2Br)S(=O)(=O)c2ccccc2)c1C. The fourth-order valence-corrected chi connectivity index (χ4v) is 4.83. The third kappa shape index (κ3) is 5.39. The number of nitrogens with one attached hydrogen (secondary N) is 1. The van der Waals surface area contributed by atoms with Crippen molar-refractivity contribution >= 4 is 43.8 Å². The van der Waals surface area contributed by atoms with Crippen molar-refractivity contribution in [3.63, 3.8) is 0 Å². The van der Waals surface area contributed by atoms with Gasteiger partial charge in [-0.15, -0.1) is 0 Å². The Morgan fingerprint density at radius 2 is 1.68 bits per heavy atom. The van der Waals surface area contributed by atoms with E-state index in [0.717, 1.165) is 25.5 Å². The number of hydrogen-bond acceptors (Lipinski definition) is 4. The van der Waals surface area contributed by atoms with Gasteiger partial charge in [0.25, 0.3) is 15.9 Å². The zero-order valence-electron chi connectivity index (χ0n) is 17.1. The van der Waals surface area contributed by atoms with E-state index in [9.17, 15) is 13.2 Å². The van der Waals surface area contributed by atoms with Gasteiger partial charge in [-0.05, 0) is 49.2 Å². The molecule has 0 atom stereocenters. The molecule has 160 valence electrons. The molecule has 0 unspecified atom stereocenters. The lowest BCUT2D eigenvalue weighted by Crippen LogP contribution is -2.40. The first-order valence-electron chi connectivity index (χ1n) is 9.51. The minimum absolute atomic E-state index is 0.112. The number of carbonyl (C=O) groups excluding carboxylic acids is 1. The largest absolute Gasteiger partial charge is 0.271 e. The van der Waals surface area contributed by atoms with E-state index in [2.05, 4.69) is 26.5 Å². The van der Waals surface area contributed by atoms with Gasteiger partial charge in [-0.1, -0.05) is 64.5 Å². The summed E-state index contributed by atoms with van der Waals surface area (Å²) in [6.07, 6.45) is 1.50. The summed E-state index contributed by atoms with van der Waals surface area (Å²) in [5.74, 6) is -0.552. The van der Waals surface area contributed by atoms with Crippen molar-refractivity contribution in [2.75, 3.05) is 10.8 Å². The van der Waals surface area contributed by atoms with Gasteiger partial charge in [0.15, 0.2) is 0 Å². The normalized spacial score (nSPS) is 11.5. The van der Waals surface area contributed by atoms with E-state index in [0.29, 0.717) is 5.69 Å². The highest BCUT2D eigenvalue weighted by Crippen LogP contribution is 2.28. The first-order valence-corrected chi connectivity index (χ1v) is 11.7. The Kier molecular flexibility index (Phi) is 7.25. The molecule has 1 amide bonds. The van der Waals surface area contributed by atoms with Crippen LogP contribution in [0.25, 0.3) is 0 Å². The van der Waals surface area contributed by atoms with Gasteiger partial charge in [0.1, 0.15) is 6.54 Å². The van der Waals surface area contributed by atoms with E-state index in [1.54, 1.807) is 30.3 Å². The number of hydrogen-bond donors (Lipinski definition) is 1. The molecule has 0 aliphatic carbocycles. The topological polar surface area (TPSA) is 78.8 Å². The van der Waals surface area contributed by atoms with Crippen LogP contribution in [0.3, 0.4) is 0 Å². The molecule has 0 bridgehead atoms. The fraction of sp³-hybridized carbons (Fsp3) is 0.130. The molecular formula is C23H22BrN3O3S. The number of aryl methyl sites for hydroxylation is 1. The molecule has 0 radical (unpaired) electrons. The summed E-state index contributed by atoms with van der Waals surface area (Å²) < 4.78 is 28.7. The molecule has 0 aromatic heterocycles. The van der Waals surface area contributed by atoms with Crippen LogP contribution in [0.15, 0.2) is 87.3 Å². The van der Waals surface area contributed by atoms with Gasteiger partial charge in [-0.2, -0.15) is 5.10 Å². The van der Waals surface area contributed by atoms with Crippen molar-refractivity contribution in [2.24, 2.45) is 5.10 Å². The zero-order chi connectivity index (χ0) is 22.4. The van der Waals surface area contributed by atoms with Crippen molar-refractivity contribution in [1.29, 1.82) is 0 Å². The summed E-state index contributed by atoms with van der Waals surface area (Å²) >= 11 is 3.41. The van der Waals surface area contributed by atoms with Gasteiger partial charge < -0.3 is 0 Å². The van der Waals surface area contributed by atoms with Crippen LogP contribution < -0.4 is 9.73 Å². The third-order valence-electron chi connectivity index (χ3n) is 4.76. The lowest BCUT2D eigenvalue weighted by Gasteiger charge is -2.26. The summed E-state index contributed by atoms with van der Waals surface area (Å²) in [6.45, 7) is 3.32. The van der Waals surface area contributed by atoms with E-state index < -0.39 is 22.5 Å². The molecule has 8 heteroatoms. The molecular weight excluding hydrogens is 478 g/mol. The smallest absolute Gasteiger partial charge is 0.264 e. The molecule has 0 aliphatic heterocycles. The Bertz CT molecular complexity index is 1210. The fourth-order valence-electron chi connectivity index (χ4n) is 2.94. The van der Waals surface area contributed by atoms with Crippen LogP contribution >= 0.6 is 15.9 Å². The van der Waals surface area contributed by atoms with Crippen molar-refractivity contribution in [3.8, 4) is 0 Å². The minimum Gasteiger partial charge on any atom is -0.271 e. The highest BCUT2D eigenvalue weighted by molar-refractivity contribution is 9.10. The standard InChI is InChI=1S/C23H22BrN3O3S/c1-17-9-8-14-22(18(17)2)27(31(29,30)20-11-4-3-5-12-20)16-23(28)26-25-15-19-10-6-7-13-21(19)24/h3-15H,16H2,1-2H3,(H,26,28)/b25-15-. The second-order valence-corrected chi connectivity index (χ2v) is 9.58. The Hall–Kier alpha value is -2.97. The van der Waals surface area contributed by atoms with Gasteiger partial charge in [0, 0.05) is 10.0 Å². The van der Waals surface area contributed by atoms with Crippen LogP contribution in [0, 0.1) is 13.8 Å². The van der Waals surface area contributed by atoms with Crippen LogP contribution in [0.4, 0.5) is 5.69 Å². The summed E-state index contributed by atoms with van der Waals surface area (Å²) in [6, 6.07) is 20.8. The molecule has 3 aromatic rings. The summed E-state index contributed by atoms with van der Waals surface area (Å²) in [4.78, 5) is 12.7.